The highest BCUT2D eigenvalue weighted by Crippen LogP contribution is 2.45. The van der Waals surface area contributed by atoms with Crippen LogP contribution in [0.3, 0.4) is 0 Å². The fourth-order valence-electron chi connectivity index (χ4n) is 3.21. The number of hydrogen-bond donors (Lipinski definition) is 1. The van der Waals surface area contributed by atoms with E-state index in [2.05, 4.69) is 5.16 Å². The van der Waals surface area contributed by atoms with Gasteiger partial charge in [0, 0.05) is 18.2 Å². The van der Waals surface area contributed by atoms with E-state index in [0.29, 0.717) is 5.56 Å². The Morgan fingerprint density at radius 1 is 1.03 bits per heavy atom. The van der Waals surface area contributed by atoms with E-state index in [9.17, 15) is 28.4 Å². The van der Waals surface area contributed by atoms with Gasteiger partial charge in [0.1, 0.15) is 18.1 Å². The summed E-state index contributed by atoms with van der Waals surface area (Å²) in [6.45, 7) is 0.0621. The number of nitrogens with zero attached hydrogens (tertiary/aromatic N) is 2. The van der Waals surface area contributed by atoms with E-state index in [4.69, 9.17) is 9.26 Å². The molecule has 0 amide bonds. The summed E-state index contributed by atoms with van der Waals surface area (Å²) in [4.78, 5) is 10.2. The molecule has 10 heteroatoms. The molecule has 0 saturated heterocycles. The van der Waals surface area contributed by atoms with Crippen LogP contribution in [0.5, 0.6) is 11.5 Å². The molecule has 0 unspecified atom stereocenters. The second kappa shape index (κ2) is 8.65. The van der Waals surface area contributed by atoms with Gasteiger partial charge in [-0.15, -0.1) is 0 Å². The zero-order chi connectivity index (χ0) is 23.6. The van der Waals surface area contributed by atoms with E-state index >= 15 is 0 Å². The van der Waals surface area contributed by atoms with Gasteiger partial charge < -0.3 is 14.4 Å². The number of non-ortho nitro benzene ring substituents is 1. The molecule has 1 N–H and O–H groups in total. The molecular formula is C23H15F3N2O5. The SMILES string of the molecule is O=[N+]([O-])c1ccc(COc2ccc(-c3onc(C(F)(F)F)c3-c3ccccc3)c(O)c2)cc1. The van der Waals surface area contributed by atoms with Gasteiger partial charge in [-0.3, -0.25) is 10.1 Å². The van der Waals surface area contributed by atoms with E-state index in [1.807, 2.05) is 0 Å². The van der Waals surface area contributed by atoms with Gasteiger partial charge in [-0.1, -0.05) is 35.5 Å². The lowest BCUT2D eigenvalue weighted by Gasteiger charge is -2.10. The zero-order valence-electron chi connectivity index (χ0n) is 16.7. The first-order chi connectivity index (χ1) is 15.7. The van der Waals surface area contributed by atoms with Gasteiger partial charge >= 0.3 is 6.18 Å². The van der Waals surface area contributed by atoms with Crippen molar-refractivity contribution in [2.24, 2.45) is 0 Å². The van der Waals surface area contributed by atoms with Crippen molar-refractivity contribution >= 4 is 5.69 Å². The molecule has 3 aromatic carbocycles. The molecule has 0 saturated carbocycles. The maximum absolute atomic E-state index is 13.5. The number of nitro benzene ring substituents is 1. The predicted molar refractivity (Wildman–Crippen MR) is 111 cm³/mol. The molecule has 0 spiro atoms. The van der Waals surface area contributed by atoms with Crippen LogP contribution in [0, 0.1) is 10.1 Å². The van der Waals surface area contributed by atoms with Crippen molar-refractivity contribution < 1.29 is 32.5 Å². The molecule has 0 fully saturated rings. The number of phenolic OH excluding ortho intramolecular Hbond substituents is 1. The van der Waals surface area contributed by atoms with Crippen LogP contribution in [0.2, 0.25) is 0 Å². The van der Waals surface area contributed by atoms with Crippen LogP contribution in [0.1, 0.15) is 11.3 Å². The van der Waals surface area contributed by atoms with Gasteiger partial charge in [0.2, 0.25) is 0 Å². The summed E-state index contributed by atoms with van der Waals surface area (Å²) < 4.78 is 51.1. The Labute approximate surface area is 184 Å². The highest BCUT2D eigenvalue weighted by atomic mass is 19.4. The van der Waals surface area contributed by atoms with E-state index in [0.717, 1.165) is 0 Å². The smallest absolute Gasteiger partial charge is 0.437 e. The van der Waals surface area contributed by atoms with Crippen LogP contribution in [0.4, 0.5) is 18.9 Å². The summed E-state index contributed by atoms with van der Waals surface area (Å²) in [6, 6.07) is 17.6. The lowest BCUT2D eigenvalue weighted by atomic mass is 9.98. The predicted octanol–water partition coefficient (Wildman–Crippen LogP) is 6.22. The first-order valence-electron chi connectivity index (χ1n) is 9.56. The molecule has 4 aromatic rings. The maximum Gasteiger partial charge on any atom is 0.437 e. The Hall–Kier alpha value is -4.34. The van der Waals surface area contributed by atoms with Gasteiger partial charge in [-0.05, 0) is 35.4 Å². The van der Waals surface area contributed by atoms with Crippen molar-refractivity contribution in [3.05, 3.63) is 94.2 Å². The normalized spacial score (nSPS) is 11.4. The third-order valence-corrected chi connectivity index (χ3v) is 4.79. The number of hydrogen-bond acceptors (Lipinski definition) is 6. The fraction of sp³-hybridized carbons (Fsp3) is 0.0870. The molecule has 0 atom stereocenters. The van der Waals surface area contributed by atoms with Gasteiger partial charge in [0.05, 0.1) is 16.1 Å². The topological polar surface area (TPSA) is 98.6 Å². The van der Waals surface area contributed by atoms with Gasteiger partial charge in [-0.25, -0.2) is 0 Å². The van der Waals surface area contributed by atoms with Gasteiger partial charge in [-0.2, -0.15) is 13.2 Å². The zero-order valence-corrected chi connectivity index (χ0v) is 16.7. The quantitative estimate of drug-likeness (QED) is 0.273. The van der Waals surface area contributed by atoms with Crippen molar-refractivity contribution in [3.63, 3.8) is 0 Å². The second-order valence-electron chi connectivity index (χ2n) is 6.99. The highest BCUT2D eigenvalue weighted by molar-refractivity contribution is 5.84. The summed E-state index contributed by atoms with van der Waals surface area (Å²) in [7, 11) is 0. The van der Waals surface area contributed by atoms with Crippen molar-refractivity contribution in [1.82, 2.24) is 5.16 Å². The van der Waals surface area contributed by atoms with Crippen molar-refractivity contribution in [1.29, 1.82) is 0 Å². The Morgan fingerprint density at radius 2 is 1.73 bits per heavy atom. The third-order valence-electron chi connectivity index (χ3n) is 4.79. The molecule has 1 heterocycles. The van der Waals surface area contributed by atoms with E-state index in [1.54, 1.807) is 18.2 Å². The summed E-state index contributed by atoms with van der Waals surface area (Å²) in [5.74, 6) is -0.349. The highest BCUT2D eigenvalue weighted by Gasteiger charge is 2.40. The van der Waals surface area contributed by atoms with Crippen molar-refractivity contribution in [2.45, 2.75) is 12.8 Å². The molecule has 0 radical (unpaired) electrons. The Morgan fingerprint density at radius 3 is 2.33 bits per heavy atom. The minimum atomic E-state index is -4.75. The Balaban J connectivity index is 1.62. The number of rotatable bonds is 6. The molecule has 33 heavy (non-hydrogen) atoms. The Bertz CT molecular complexity index is 1290. The summed E-state index contributed by atoms with van der Waals surface area (Å²) in [5, 5.41) is 24.4. The molecule has 0 aliphatic carbocycles. The average molecular weight is 456 g/mol. The first kappa shape index (κ1) is 21.9. The van der Waals surface area contributed by atoms with E-state index < -0.39 is 16.8 Å². The van der Waals surface area contributed by atoms with Crippen molar-refractivity contribution in [3.8, 4) is 33.9 Å². The van der Waals surface area contributed by atoms with Crippen LogP contribution < -0.4 is 4.74 Å². The Kier molecular flexibility index (Phi) is 5.74. The fourth-order valence-corrected chi connectivity index (χ4v) is 3.21. The number of nitro groups is 1. The molecule has 1 aromatic heterocycles. The standard InChI is InChI=1S/C23H15F3N2O5/c24-23(25,26)22-20(15-4-2-1-3-5-15)21(33-27-22)18-11-10-17(12-19(18)29)32-13-14-6-8-16(9-7-14)28(30)31/h1-12,29H,13H2. The maximum atomic E-state index is 13.5. The minimum Gasteiger partial charge on any atom is -0.507 e. The number of aromatic nitrogens is 1. The van der Waals surface area contributed by atoms with Crippen molar-refractivity contribution in [2.75, 3.05) is 0 Å². The number of ether oxygens (including phenoxy) is 1. The van der Waals surface area contributed by atoms with Gasteiger partial charge in [0.25, 0.3) is 5.69 Å². The number of phenols is 1. The molecule has 7 nitrogen and oxygen atoms in total. The number of halogens is 3. The van der Waals surface area contributed by atoms with Crippen LogP contribution >= 0.6 is 0 Å². The second-order valence-corrected chi connectivity index (χ2v) is 6.99. The largest absolute Gasteiger partial charge is 0.507 e. The van der Waals surface area contributed by atoms with E-state index in [-0.39, 0.29) is 46.2 Å². The van der Waals surface area contributed by atoms with Crippen LogP contribution in [-0.2, 0) is 12.8 Å². The minimum absolute atomic E-state index is 0.0135. The van der Waals surface area contributed by atoms with Gasteiger partial charge in [0.15, 0.2) is 11.5 Å². The molecule has 0 aliphatic heterocycles. The molecular weight excluding hydrogens is 441 g/mol. The number of alkyl halides is 3. The third kappa shape index (κ3) is 4.64. The summed E-state index contributed by atoms with van der Waals surface area (Å²) in [5.41, 5.74) is -0.626. The lowest BCUT2D eigenvalue weighted by molar-refractivity contribution is -0.384. The summed E-state index contributed by atoms with van der Waals surface area (Å²) >= 11 is 0. The van der Waals surface area contributed by atoms with Crippen LogP contribution in [0.15, 0.2) is 77.3 Å². The van der Waals surface area contributed by atoms with Crippen LogP contribution in [0.25, 0.3) is 22.5 Å². The molecule has 0 aliphatic rings. The average Bonchev–Trinajstić information content (AvgIpc) is 3.24. The lowest BCUT2D eigenvalue weighted by Crippen LogP contribution is -2.07. The molecule has 0 bridgehead atoms. The first-order valence-corrected chi connectivity index (χ1v) is 9.56. The monoisotopic (exact) mass is 456 g/mol. The number of benzene rings is 3. The summed E-state index contributed by atoms with van der Waals surface area (Å²) in [6.07, 6.45) is -4.75. The van der Waals surface area contributed by atoms with E-state index in [1.165, 1.54) is 54.6 Å². The molecule has 168 valence electrons. The van der Waals surface area contributed by atoms with Crippen LogP contribution in [-0.4, -0.2) is 15.2 Å². The molecule has 4 rings (SSSR count). The number of aromatic hydroxyl groups is 1.